The molecule has 2 N–H and O–H groups in total. The largest absolute Gasteiger partial charge is 0.466 e. The zero-order valence-corrected chi connectivity index (χ0v) is 18.9. The van der Waals surface area contributed by atoms with Gasteiger partial charge in [-0.1, -0.05) is 18.2 Å². The molecule has 1 aromatic carbocycles. The van der Waals surface area contributed by atoms with E-state index in [2.05, 4.69) is 15.8 Å². The van der Waals surface area contributed by atoms with Crippen LogP contribution in [-0.4, -0.2) is 66.8 Å². The van der Waals surface area contributed by atoms with Crippen molar-refractivity contribution in [3.8, 4) is 0 Å². The molecule has 1 aliphatic heterocycles. The van der Waals surface area contributed by atoms with E-state index in [4.69, 9.17) is 23.8 Å². The van der Waals surface area contributed by atoms with Gasteiger partial charge in [0.25, 0.3) is 5.90 Å². The van der Waals surface area contributed by atoms with Gasteiger partial charge in [0, 0.05) is 33.4 Å². The first-order valence-corrected chi connectivity index (χ1v) is 10.1. The van der Waals surface area contributed by atoms with Crippen molar-refractivity contribution in [3.05, 3.63) is 30.3 Å². The molecule has 0 aliphatic carbocycles. The fourth-order valence-electron chi connectivity index (χ4n) is 3.02. The molecule has 0 unspecified atom stereocenters. The number of ether oxygens (including phenoxy) is 4. The third-order valence-electron chi connectivity index (χ3n) is 4.21. The number of oxime groups is 1. The predicted molar refractivity (Wildman–Crippen MR) is 114 cm³/mol. The molecule has 1 saturated heterocycles. The molecular formula is C21H25N3O10. The number of nitrogens with one attached hydrogen (secondary N) is 2. The van der Waals surface area contributed by atoms with Crippen molar-refractivity contribution >= 4 is 41.5 Å². The zero-order chi connectivity index (χ0) is 25.3. The first kappa shape index (κ1) is 26.1. The van der Waals surface area contributed by atoms with Crippen molar-refractivity contribution in [2.24, 2.45) is 5.16 Å². The maximum atomic E-state index is 12.1. The third-order valence-corrected chi connectivity index (χ3v) is 4.21. The molecule has 184 valence electrons. The molecule has 2 rings (SSSR count). The Labute approximate surface area is 194 Å². The molecule has 4 atom stereocenters. The average Bonchev–Trinajstić information content (AvgIpc) is 2.74. The lowest BCUT2D eigenvalue weighted by molar-refractivity contribution is -0.186. The summed E-state index contributed by atoms with van der Waals surface area (Å²) in [5, 5.41) is 8.56. The van der Waals surface area contributed by atoms with E-state index in [1.54, 1.807) is 30.3 Å². The van der Waals surface area contributed by atoms with Crippen LogP contribution < -0.4 is 10.6 Å². The van der Waals surface area contributed by atoms with E-state index < -0.39 is 60.9 Å². The molecule has 0 radical (unpaired) electrons. The van der Waals surface area contributed by atoms with E-state index in [9.17, 15) is 24.0 Å². The number of anilines is 1. The normalized spacial score (nSPS) is 22.5. The summed E-state index contributed by atoms with van der Waals surface area (Å²) in [7, 11) is 0. The zero-order valence-electron chi connectivity index (χ0n) is 18.9. The van der Waals surface area contributed by atoms with Gasteiger partial charge in [-0.3, -0.25) is 29.3 Å². The number of benzene rings is 1. The van der Waals surface area contributed by atoms with Crippen molar-refractivity contribution in [3.63, 3.8) is 0 Å². The number of carbonyl (C=O) groups is 5. The number of hydrogen-bond acceptors (Lipinski definition) is 11. The molecule has 1 fully saturated rings. The van der Waals surface area contributed by atoms with Gasteiger partial charge in [0.2, 0.25) is 5.91 Å². The molecule has 34 heavy (non-hydrogen) atoms. The fraction of sp³-hybridized carbons (Fsp3) is 0.429. The van der Waals surface area contributed by atoms with Gasteiger partial charge < -0.3 is 24.3 Å². The monoisotopic (exact) mass is 479 g/mol. The Morgan fingerprint density at radius 3 is 2.09 bits per heavy atom. The van der Waals surface area contributed by atoms with E-state index in [-0.39, 0.29) is 5.90 Å². The Morgan fingerprint density at radius 2 is 1.53 bits per heavy atom. The van der Waals surface area contributed by atoms with E-state index in [1.807, 2.05) is 0 Å². The van der Waals surface area contributed by atoms with Crippen LogP contribution in [0.3, 0.4) is 0 Å². The molecule has 1 aliphatic rings. The second-order valence-corrected chi connectivity index (χ2v) is 7.08. The summed E-state index contributed by atoms with van der Waals surface area (Å²) in [4.78, 5) is 63.6. The maximum Gasteiger partial charge on any atom is 0.437 e. The smallest absolute Gasteiger partial charge is 0.437 e. The number of para-hydroxylation sites is 1. The van der Waals surface area contributed by atoms with Gasteiger partial charge in [-0.15, -0.1) is 0 Å². The first-order valence-electron chi connectivity index (χ1n) is 10.1. The topological polar surface area (TPSA) is 168 Å². The van der Waals surface area contributed by atoms with Crippen molar-refractivity contribution in [1.82, 2.24) is 5.32 Å². The highest BCUT2D eigenvalue weighted by atomic mass is 16.7. The summed E-state index contributed by atoms with van der Waals surface area (Å²) in [6, 6.07) is 7.06. The number of amides is 2. The molecule has 13 nitrogen and oxygen atoms in total. The van der Waals surface area contributed by atoms with Gasteiger partial charge in [0.1, 0.15) is 12.6 Å². The van der Waals surface area contributed by atoms with Gasteiger partial charge in [-0.2, -0.15) is 0 Å². The van der Waals surface area contributed by atoms with Gasteiger partial charge in [0.15, 0.2) is 18.3 Å². The summed E-state index contributed by atoms with van der Waals surface area (Å²) in [6.45, 7) is 4.12. The van der Waals surface area contributed by atoms with Crippen LogP contribution in [0.1, 0.15) is 27.7 Å². The summed E-state index contributed by atoms with van der Waals surface area (Å²) in [6.07, 6.45) is -4.83. The SMILES string of the molecule is CC(=O)N[C@H]1/C(=N/OC(=O)Nc2ccccc2)O[C@H](COC(C)=O)[C@@H](OC(C)=O)[C@@H]1OC(C)=O. The Bertz CT molecular complexity index is 949. The van der Waals surface area contributed by atoms with Crippen LogP contribution in [0.25, 0.3) is 0 Å². The number of rotatable bonds is 7. The molecular weight excluding hydrogens is 454 g/mol. The van der Waals surface area contributed by atoms with Crippen LogP contribution in [-0.2, 0) is 43.0 Å². The Kier molecular flexibility index (Phi) is 9.35. The minimum atomic E-state index is -1.35. The third kappa shape index (κ3) is 8.07. The van der Waals surface area contributed by atoms with E-state index in [1.165, 1.54) is 6.92 Å². The lowest BCUT2D eigenvalue weighted by Crippen LogP contribution is -2.64. The highest BCUT2D eigenvalue weighted by molar-refractivity contribution is 5.90. The van der Waals surface area contributed by atoms with E-state index in [0.717, 1.165) is 20.8 Å². The molecule has 13 heteroatoms. The minimum absolute atomic E-state index is 0.384. The number of esters is 3. The van der Waals surface area contributed by atoms with E-state index >= 15 is 0 Å². The van der Waals surface area contributed by atoms with Crippen LogP contribution in [0.4, 0.5) is 10.5 Å². The average molecular weight is 479 g/mol. The highest BCUT2D eigenvalue weighted by Crippen LogP contribution is 2.25. The summed E-state index contributed by atoms with van der Waals surface area (Å²) < 4.78 is 21.2. The first-order chi connectivity index (χ1) is 16.1. The van der Waals surface area contributed by atoms with Crippen molar-refractivity contribution < 1.29 is 47.8 Å². The Balaban J connectivity index is 2.37. The highest BCUT2D eigenvalue weighted by Gasteiger charge is 2.50. The van der Waals surface area contributed by atoms with Crippen molar-refractivity contribution in [1.29, 1.82) is 0 Å². The fourth-order valence-corrected chi connectivity index (χ4v) is 3.02. The number of carbonyl (C=O) groups excluding carboxylic acids is 5. The quantitative estimate of drug-likeness (QED) is 0.248. The number of hydrogen-bond donors (Lipinski definition) is 2. The lowest BCUT2D eigenvalue weighted by Gasteiger charge is -2.41. The summed E-state index contributed by atoms with van der Waals surface area (Å²) in [5.41, 5.74) is 0.427. The standard InChI is InChI=1S/C21H25N3O10/c1-11(25)22-17-19(32-14(4)28)18(31-13(3)27)16(10-30-12(2)26)33-20(17)24-34-21(29)23-15-8-6-5-7-9-15/h5-9,16-19H,10H2,1-4H3,(H,22,25)(H,23,29)/b24-20-/t16-,17-,18-,19-/m1/s1. The minimum Gasteiger partial charge on any atom is -0.466 e. The summed E-state index contributed by atoms with van der Waals surface area (Å²) >= 11 is 0. The molecule has 0 bridgehead atoms. The molecule has 0 saturated carbocycles. The predicted octanol–water partition coefficient (Wildman–Crippen LogP) is 0.879. The van der Waals surface area contributed by atoms with Crippen LogP contribution in [0.15, 0.2) is 35.5 Å². The molecule has 0 aromatic heterocycles. The second-order valence-electron chi connectivity index (χ2n) is 7.08. The summed E-state index contributed by atoms with van der Waals surface area (Å²) in [5.74, 6) is -3.14. The Morgan fingerprint density at radius 1 is 0.912 bits per heavy atom. The molecule has 1 heterocycles. The van der Waals surface area contributed by atoms with E-state index in [0.29, 0.717) is 5.69 Å². The van der Waals surface area contributed by atoms with Crippen LogP contribution in [0, 0.1) is 0 Å². The molecule has 0 spiro atoms. The van der Waals surface area contributed by atoms with Gasteiger partial charge in [0.05, 0.1) is 0 Å². The van der Waals surface area contributed by atoms with Crippen molar-refractivity contribution in [2.45, 2.75) is 52.0 Å². The molecule has 2 amide bonds. The van der Waals surface area contributed by atoms with Crippen LogP contribution in [0.5, 0.6) is 0 Å². The van der Waals surface area contributed by atoms with Gasteiger partial charge >= 0.3 is 24.0 Å². The Hall–Kier alpha value is -4.16. The lowest BCUT2D eigenvalue weighted by atomic mass is 9.96. The molecule has 1 aromatic rings. The second kappa shape index (κ2) is 12.2. The maximum absolute atomic E-state index is 12.1. The van der Waals surface area contributed by atoms with Crippen molar-refractivity contribution in [2.75, 3.05) is 11.9 Å². The van der Waals surface area contributed by atoms with Crippen LogP contribution >= 0.6 is 0 Å². The number of nitrogens with zero attached hydrogens (tertiary/aromatic N) is 1. The van der Waals surface area contributed by atoms with Crippen LogP contribution in [0.2, 0.25) is 0 Å². The van der Waals surface area contributed by atoms with Gasteiger partial charge in [-0.25, -0.2) is 4.79 Å². The van der Waals surface area contributed by atoms with Gasteiger partial charge in [-0.05, 0) is 17.3 Å².